The lowest BCUT2D eigenvalue weighted by molar-refractivity contribution is -0.124. The number of aliphatic imine (C=N–C) groups is 1. The molecular formula is C26H38N4OS. The zero-order valence-corrected chi connectivity index (χ0v) is 20.9. The first kappa shape index (κ1) is 23.5. The number of rotatable bonds is 6. The molecule has 5 nitrogen and oxygen atoms in total. The van der Waals surface area contributed by atoms with Crippen LogP contribution in [0.4, 0.5) is 0 Å². The van der Waals surface area contributed by atoms with Crippen molar-refractivity contribution >= 4 is 29.8 Å². The molecule has 4 rings (SSSR count). The van der Waals surface area contributed by atoms with Crippen molar-refractivity contribution in [1.29, 1.82) is 0 Å². The van der Waals surface area contributed by atoms with Gasteiger partial charge < -0.3 is 10.6 Å². The van der Waals surface area contributed by atoms with E-state index in [1.807, 2.05) is 7.05 Å². The van der Waals surface area contributed by atoms with E-state index in [1.165, 1.54) is 35.1 Å². The third-order valence-electron chi connectivity index (χ3n) is 7.43. The predicted molar refractivity (Wildman–Crippen MR) is 136 cm³/mol. The molecule has 174 valence electrons. The Balaban J connectivity index is 1.33. The quantitative estimate of drug-likeness (QED) is 0.605. The molecule has 2 fully saturated rings. The fourth-order valence-corrected chi connectivity index (χ4v) is 6.15. The number of benzene rings is 1. The highest BCUT2D eigenvalue weighted by molar-refractivity contribution is 8.00. The van der Waals surface area contributed by atoms with Crippen LogP contribution in [-0.2, 0) is 11.3 Å². The summed E-state index contributed by atoms with van der Waals surface area (Å²) in [7, 11) is 1.98. The van der Waals surface area contributed by atoms with Crippen LogP contribution in [0.15, 0.2) is 22.5 Å². The molecule has 3 aliphatic rings. The summed E-state index contributed by atoms with van der Waals surface area (Å²) in [6.07, 6.45) is 8.67. The number of carbonyl (C=O) groups is 1. The van der Waals surface area contributed by atoms with Gasteiger partial charge in [-0.3, -0.25) is 9.79 Å². The van der Waals surface area contributed by atoms with Gasteiger partial charge in [-0.15, -0.1) is 0 Å². The Labute approximate surface area is 197 Å². The number of amidine groups is 1. The molecule has 1 amide bonds. The molecule has 1 aliphatic carbocycles. The van der Waals surface area contributed by atoms with Crippen molar-refractivity contribution in [2.24, 2.45) is 16.8 Å². The molecule has 32 heavy (non-hydrogen) atoms. The fraction of sp³-hybridized carbons (Fsp3) is 0.615. The van der Waals surface area contributed by atoms with E-state index < -0.39 is 5.54 Å². The van der Waals surface area contributed by atoms with E-state index in [0.29, 0.717) is 5.92 Å². The fourth-order valence-electron chi connectivity index (χ4n) is 5.39. The molecule has 0 radical (unpaired) electrons. The molecule has 0 bridgehead atoms. The molecule has 0 unspecified atom stereocenters. The van der Waals surface area contributed by atoms with Gasteiger partial charge in [-0.1, -0.05) is 43.8 Å². The predicted octanol–water partition coefficient (Wildman–Crippen LogP) is 4.83. The minimum atomic E-state index is -0.518. The smallest absolute Gasteiger partial charge is 0.253 e. The Bertz CT molecular complexity index is 870. The number of carbonyl (C=O) groups excluding carboxylic acids is 1. The lowest BCUT2D eigenvalue weighted by Gasteiger charge is -2.34. The number of hydrogen-bond donors (Lipinski definition) is 2. The highest BCUT2D eigenvalue weighted by atomic mass is 32.2. The molecule has 0 aromatic heterocycles. The second kappa shape index (κ2) is 10.1. The maximum atomic E-state index is 12.9. The maximum Gasteiger partial charge on any atom is 0.253 e. The number of nitrogens with one attached hydrogen (secondary N) is 2. The summed E-state index contributed by atoms with van der Waals surface area (Å²) in [5.74, 6) is 2.38. The van der Waals surface area contributed by atoms with Crippen molar-refractivity contribution in [2.75, 3.05) is 20.1 Å². The van der Waals surface area contributed by atoms with Gasteiger partial charge in [-0.05, 0) is 86.2 Å². The van der Waals surface area contributed by atoms with Crippen LogP contribution in [-0.4, -0.2) is 41.7 Å². The molecule has 2 aliphatic heterocycles. The van der Waals surface area contributed by atoms with Crippen molar-refractivity contribution in [3.8, 4) is 0 Å². The van der Waals surface area contributed by atoms with Crippen molar-refractivity contribution in [3.05, 3.63) is 39.8 Å². The lowest BCUT2D eigenvalue weighted by Crippen LogP contribution is -2.47. The van der Waals surface area contributed by atoms with E-state index in [-0.39, 0.29) is 5.91 Å². The number of amides is 1. The Morgan fingerprint density at radius 2 is 1.84 bits per heavy atom. The molecule has 1 saturated carbocycles. The van der Waals surface area contributed by atoms with Crippen molar-refractivity contribution in [1.82, 2.24) is 14.9 Å². The van der Waals surface area contributed by atoms with Crippen LogP contribution in [0.3, 0.4) is 0 Å². The summed E-state index contributed by atoms with van der Waals surface area (Å²) in [5, 5.41) is 8.59. The molecule has 0 atom stereocenters. The Morgan fingerprint density at radius 3 is 2.47 bits per heavy atom. The highest BCUT2D eigenvalue weighted by Gasteiger charge is 2.47. The minimum Gasteiger partial charge on any atom is -0.316 e. The summed E-state index contributed by atoms with van der Waals surface area (Å²) in [4.78, 5) is 17.9. The number of nitrogens with zero attached hydrogens (tertiary/aromatic N) is 2. The number of aryl methyl sites for hydroxylation is 2. The molecule has 1 aromatic carbocycles. The Hall–Kier alpha value is -1.63. The minimum absolute atomic E-state index is 0.138. The van der Waals surface area contributed by atoms with E-state index >= 15 is 0 Å². The molecule has 1 saturated heterocycles. The van der Waals surface area contributed by atoms with E-state index in [4.69, 9.17) is 4.99 Å². The van der Waals surface area contributed by atoms with Crippen molar-refractivity contribution in [2.45, 2.75) is 71.4 Å². The van der Waals surface area contributed by atoms with E-state index in [0.717, 1.165) is 57.1 Å². The second-order valence-electron chi connectivity index (χ2n) is 9.95. The topological polar surface area (TPSA) is 56.7 Å². The van der Waals surface area contributed by atoms with Gasteiger partial charge in [0.15, 0.2) is 0 Å². The lowest BCUT2D eigenvalue weighted by atomic mass is 9.82. The average Bonchev–Trinajstić information content (AvgIpc) is 3.08. The van der Waals surface area contributed by atoms with Crippen molar-refractivity contribution in [3.63, 3.8) is 0 Å². The van der Waals surface area contributed by atoms with E-state index in [2.05, 4.69) is 59.3 Å². The van der Waals surface area contributed by atoms with Gasteiger partial charge in [0.25, 0.3) is 5.91 Å². The number of piperidine rings is 1. The number of hydrogen-bond acceptors (Lipinski definition) is 5. The van der Waals surface area contributed by atoms with E-state index in [9.17, 15) is 4.79 Å². The zero-order chi connectivity index (χ0) is 22.7. The summed E-state index contributed by atoms with van der Waals surface area (Å²) < 4.78 is 2.37. The van der Waals surface area contributed by atoms with Gasteiger partial charge in [0.2, 0.25) is 0 Å². The van der Waals surface area contributed by atoms with Gasteiger partial charge >= 0.3 is 0 Å². The Kier molecular flexibility index (Phi) is 7.43. The molecule has 6 heteroatoms. The van der Waals surface area contributed by atoms with Gasteiger partial charge in [-0.2, -0.15) is 0 Å². The van der Waals surface area contributed by atoms with Gasteiger partial charge in [0.05, 0.1) is 0 Å². The average molecular weight is 455 g/mol. The molecular weight excluding hydrogens is 416 g/mol. The Morgan fingerprint density at radius 1 is 1.19 bits per heavy atom. The molecule has 2 heterocycles. The third-order valence-corrected chi connectivity index (χ3v) is 8.35. The first-order valence-corrected chi connectivity index (χ1v) is 13.0. The van der Waals surface area contributed by atoms with Crippen LogP contribution in [0.25, 0.3) is 6.08 Å². The van der Waals surface area contributed by atoms with Gasteiger partial charge in [0.1, 0.15) is 11.4 Å². The maximum absolute atomic E-state index is 12.9. The third kappa shape index (κ3) is 5.13. The van der Waals surface area contributed by atoms with E-state index in [1.54, 1.807) is 11.9 Å². The standard InChI is InChI=1S/C26H38N4OS/c1-18-5-7-22(8-6-18)24-28-25(31)26(29-24)10-12-30(13-11-26)32-14-9-23-19(2)15-21(17-27-4)16-20(23)3/h9,14-16,18,22,27H,5-8,10-13,17H2,1-4H3,(H,28,29,31)/b14-9+. The van der Waals surface area contributed by atoms with Crippen LogP contribution in [0.2, 0.25) is 0 Å². The first-order chi connectivity index (χ1) is 15.4. The van der Waals surface area contributed by atoms with Crippen LogP contribution in [0.1, 0.15) is 67.7 Å². The SMILES string of the molecule is CNCc1cc(C)c(/C=C/SN2CCC3(CC2)N=C(C2CCC(C)CC2)NC3=O)c(C)c1. The summed E-state index contributed by atoms with van der Waals surface area (Å²) in [5.41, 5.74) is 4.73. The van der Waals surface area contributed by atoms with Crippen molar-refractivity contribution < 1.29 is 4.79 Å². The normalized spacial score (nSPS) is 26.0. The van der Waals surface area contributed by atoms with Gasteiger partial charge in [-0.25, -0.2) is 4.31 Å². The molecule has 1 aromatic rings. The summed E-state index contributed by atoms with van der Waals surface area (Å²) in [6.45, 7) is 9.37. The molecule has 2 N–H and O–H groups in total. The largest absolute Gasteiger partial charge is 0.316 e. The van der Waals surface area contributed by atoms with Gasteiger partial charge in [0, 0.05) is 25.6 Å². The summed E-state index contributed by atoms with van der Waals surface area (Å²) in [6, 6.07) is 4.53. The highest BCUT2D eigenvalue weighted by Crippen LogP contribution is 2.36. The second-order valence-corrected chi connectivity index (χ2v) is 10.9. The van der Waals surface area contributed by atoms with Crippen LogP contribution < -0.4 is 10.6 Å². The first-order valence-electron chi connectivity index (χ1n) is 12.1. The monoisotopic (exact) mass is 454 g/mol. The molecule has 1 spiro atoms. The van der Waals surface area contributed by atoms with Crippen LogP contribution in [0, 0.1) is 25.7 Å². The van der Waals surface area contributed by atoms with Crippen LogP contribution in [0.5, 0.6) is 0 Å². The summed E-state index contributed by atoms with van der Waals surface area (Å²) >= 11 is 1.76. The van der Waals surface area contributed by atoms with Crippen LogP contribution >= 0.6 is 11.9 Å². The zero-order valence-electron chi connectivity index (χ0n) is 20.0.